The lowest BCUT2D eigenvalue weighted by molar-refractivity contribution is -0.384. The van der Waals surface area contributed by atoms with Gasteiger partial charge in [0.15, 0.2) is 11.5 Å². The van der Waals surface area contributed by atoms with E-state index in [4.69, 9.17) is 14.2 Å². The van der Waals surface area contributed by atoms with Crippen molar-refractivity contribution in [3.05, 3.63) is 51.6 Å². The molecule has 0 spiro atoms. The fraction of sp³-hybridized carbons (Fsp3) is 0.235. The summed E-state index contributed by atoms with van der Waals surface area (Å²) in [6.07, 6.45) is -3.41. The second kappa shape index (κ2) is 8.46. The van der Waals surface area contributed by atoms with E-state index in [1.165, 1.54) is 27.5 Å². The van der Waals surface area contributed by atoms with Gasteiger partial charge >= 0.3 is 6.18 Å². The molecule has 0 radical (unpaired) electrons. The summed E-state index contributed by atoms with van der Waals surface area (Å²) in [5.74, 6) is 1.03. The number of benzene rings is 2. The summed E-state index contributed by atoms with van der Waals surface area (Å²) in [7, 11) is 4.28. The third kappa shape index (κ3) is 4.42. The maximum atomic E-state index is 12.7. The summed E-state index contributed by atoms with van der Waals surface area (Å²) >= 11 is 0. The second-order valence-corrected chi connectivity index (χ2v) is 5.28. The van der Waals surface area contributed by atoms with E-state index in [1.54, 1.807) is 12.1 Å². The van der Waals surface area contributed by atoms with Crippen molar-refractivity contribution >= 4 is 17.6 Å². The first kappa shape index (κ1) is 20.8. The lowest BCUT2D eigenvalue weighted by Crippen LogP contribution is -2.06. The lowest BCUT2D eigenvalue weighted by atomic mass is 10.1. The normalized spacial score (nSPS) is 11.4. The third-order valence-corrected chi connectivity index (χ3v) is 3.65. The van der Waals surface area contributed by atoms with Gasteiger partial charge in [0.2, 0.25) is 5.75 Å². The number of nitro benzene ring substituents is 1. The van der Waals surface area contributed by atoms with Crippen LogP contribution in [0.3, 0.4) is 0 Å². The largest absolute Gasteiger partial charge is 0.493 e. The van der Waals surface area contributed by atoms with Gasteiger partial charge < -0.3 is 14.2 Å². The molecule has 0 atom stereocenters. The molecule has 0 saturated heterocycles. The highest BCUT2D eigenvalue weighted by Crippen LogP contribution is 2.39. The Balaban J connectivity index is 2.34. The number of alkyl halides is 3. The third-order valence-electron chi connectivity index (χ3n) is 3.65. The van der Waals surface area contributed by atoms with Crippen molar-refractivity contribution in [2.75, 3.05) is 26.8 Å². The van der Waals surface area contributed by atoms with E-state index < -0.39 is 22.4 Å². The van der Waals surface area contributed by atoms with Crippen molar-refractivity contribution < 1.29 is 32.3 Å². The average Bonchev–Trinajstić information content (AvgIpc) is 2.66. The summed E-state index contributed by atoms with van der Waals surface area (Å²) in [4.78, 5) is 10.2. The number of ether oxygens (including phenoxy) is 3. The van der Waals surface area contributed by atoms with Gasteiger partial charge in [0.25, 0.3) is 5.69 Å². The van der Waals surface area contributed by atoms with Gasteiger partial charge in [-0.15, -0.1) is 0 Å². The van der Waals surface area contributed by atoms with Crippen LogP contribution < -0.4 is 19.6 Å². The monoisotopic (exact) mass is 399 g/mol. The minimum atomic E-state index is -4.69. The van der Waals surface area contributed by atoms with Crippen molar-refractivity contribution in [1.82, 2.24) is 0 Å². The molecule has 150 valence electrons. The molecule has 2 aromatic rings. The molecule has 0 amide bonds. The van der Waals surface area contributed by atoms with Crippen LogP contribution in [0.2, 0.25) is 0 Å². The number of methoxy groups -OCH3 is 3. The Labute approximate surface area is 157 Å². The van der Waals surface area contributed by atoms with Crippen LogP contribution in [0, 0.1) is 10.1 Å². The van der Waals surface area contributed by atoms with E-state index in [2.05, 4.69) is 10.5 Å². The summed E-state index contributed by atoms with van der Waals surface area (Å²) in [6.45, 7) is 0. The van der Waals surface area contributed by atoms with Gasteiger partial charge in [0, 0.05) is 11.6 Å². The van der Waals surface area contributed by atoms with Gasteiger partial charge in [-0.05, 0) is 24.3 Å². The molecule has 28 heavy (non-hydrogen) atoms. The first-order valence-electron chi connectivity index (χ1n) is 7.66. The molecule has 0 aliphatic heterocycles. The standard InChI is InChI=1S/C17H16F3N3O5/c1-26-14-7-4-10(15(27-2)16(14)28-3)9-21-22-12-6-5-11(17(18,19)20)8-13(12)23(24)25/h4-9,22H,1-3H3. The van der Waals surface area contributed by atoms with Crippen molar-refractivity contribution in [2.24, 2.45) is 5.10 Å². The van der Waals surface area contributed by atoms with E-state index in [-0.39, 0.29) is 5.69 Å². The molecule has 0 bridgehead atoms. The number of halogens is 3. The number of nitro groups is 1. The Morgan fingerprint density at radius 1 is 1.07 bits per heavy atom. The SMILES string of the molecule is COc1ccc(C=NNc2ccc(C(F)(F)F)cc2[N+](=O)[O-])c(OC)c1OC. The highest BCUT2D eigenvalue weighted by atomic mass is 19.4. The Morgan fingerprint density at radius 2 is 1.75 bits per heavy atom. The second-order valence-electron chi connectivity index (χ2n) is 5.28. The molecule has 8 nitrogen and oxygen atoms in total. The van der Waals surface area contributed by atoms with Crippen LogP contribution in [0.5, 0.6) is 17.2 Å². The van der Waals surface area contributed by atoms with Crippen molar-refractivity contribution in [3.8, 4) is 17.2 Å². The number of hydrogen-bond acceptors (Lipinski definition) is 7. The lowest BCUT2D eigenvalue weighted by Gasteiger charge is -2.13. The number of nitrogens with zero attached hydrogens (tertiary/aromatic N) is 2. The van der Waals surface area contributed by atoms with Crippen LogP contribution in [0.25, 0.3) is 0 Å². The maximum absolute atomic E-state index is 12.7. The fourth-order valence-electron chi connectivity index (χ4n) is 2.35. The summed E-state index contributed by atoms with van der Waals surface area (Å²) in [5.41, 5.74) is 0.731. The predicted octanol–water partition coefficient (Wildman–Crippen LogP) is 4.09. The van der Waals surface area contributed by atoms with Gasteiger partial charge in [-0.25, -0.2) is 0 Å². The molecule has 1 N–H and O–H groups in total. The fourth-order valence-corrected chi connectivity index (χ4v) is 2.35. The van der Waals surface area contributed by atoms with Crippen molar-refractivity contribution in [1.29, 1.82) is 0 Å². The van der Waals surface area contributed by atoms with Gasteiger partial charge in [0.1, 0.15) is 5.69 Å². The molecule has 0 unspecified atom stereocenters. The number of hydrogen-bond donors (Lipinski definition) is 1. The van der Waals surface area contributed by atoms with Crippen LogP contribution in [0.1, 0.15) is 11.1 Å². The molecular formula is C17H16F3N3O5. The van der Waals surface area contributed by atoms with E-state index in [1.807, 2.05) is 0 Å². The molecule has 0 saturated carbocycles. The zero-order valence-corrected chi connectivity index (χ0v) is 15.0. The van der Waals surface area contributed by atoms with Crippen LogP contribution in [0.4, 0.5) is 24.5 Å². The zero-order chi connectivity index (χ0) is 20.9. The van der Waals surface area contributed by atoms with E-state index in [0.29, 0.717) is 28.9 Å². The average molecular weight is 399 g/mol. The number of rotatable bonds is 7. The molecule has 0 aliphatic carbocycles. The molecule has 0 fully saturated rings. The van der Waals surface area contributed by atoms with Crippen LogP contribution >= 0.6 is 0 Å². The van der Waals surface area contributed by atoms with Crippen LogP contribution in [-0.4, -0.2) is 32.5 Å². The Bertz CT molecular complexity index is 900. The molecule has 0 aliphatic rings. The minimum absolute atomic E-state index is 0.200. The summed E-state index contributed by atoms with van der Waals surface area (Å²) < 4.78 is 53.9. The smallest absolute Gasteiger partial charge is 0.416 e. The van der Waals surface area contributed by atoms with Crippen LogP contribution in [-0.2, 0) is 6.18 Å². The Morgan fingerprint density at radius 3 is 2.29 bits per heavy atom. The predicted molar refractivity (Wildman–Crippen MR) is 95.4 cm³/mol. The number of nitrogens with one attached hydrogen (secondary N) is 1. The molecule has 0 heterocycles. The molecule has 11 heteroatoms. The van der Waals surface area contributed by atoms with Gasteiger partial charge in [0.05, 0.1) is 38.0 Å². The van der Waals surface area contributed by atoms with E-state index in [9.17, 15) is 23.3 Å². The topological polar surface area (TPSA) is 95.2 Å². The Hall–Kier alpha value is -3.50. The number of hydrazone groups is 1. The summed E-state index contributed by atoms with van der Waals surface area (Å²) in [5, 5.41) is 14.9. The van der Waals surface area contributed by atoms with Gasteiger partial charge in [-0.2, -0.15) is 18.3 Å². The quantitative estimate of drug-likeness (QED) is 0.428. The van der Waals surface area contributed by atoms with Crippen LogP contribution in [0.15, 0.2) is 35.4 Å². The zero-order valence-electron chi connectivity index (χ0n) is 15.0. The van der Waals surface area contributed by atoms with E-state index >= 15 is 0 Å². The number of anilines is 1. The van der Waals surface area contributed by atoms with E-state index in [0.717, 1.165) is 12.1 Å². The van der Waals surface area contributed by atoms with Crippen molar-refractivity contribution in [3.63, 3.8) is 0 Å². The maximum Gasteiger partial charge on any atom is 0.416 e. The first-order valence-corrected chi connectivity index (χ1v) is 7.66. The molecule has 2 rings (SSSR count). The summed E-state index contributed by atoms with van der Waals surface area (Å²) in [6, 6.07) is 5.30. The highest BCUT2D eigenvalue weighted by molar-refractivity contribution is 5.86. The minimum Gasteiger partial charge on any atom is -0.493 e. The Kier molecular flexibility index (Phi) is 6.29. The highest BCUT2D eigenvalue weighted by Gasteiger charge is 2.33. The molecular weight excluding hydrogens is 383 g/mol. The van der Waals surface area contributed by atoms with Gasteiger partial charge in [-0.1, -0.05) is 0 Å². The van der Waals surface area contributed by atoms with Crippen molar-refractivity contribution in [2.45, 2.75) is 6.18 Å². The first-order chi connectivity index (χ1) is 13.2. The molecule has 2 aromatic carbocycles. The molecule has 0 aromatic heterocycles. The van der Waals surface area contributed by atoms with Gasteiger partial charge in [-0.3, -0.25) is 15.5 Å².